The van der Waals surface area contributed by atoms with E-state index < -0.39 is 5.60 Å². The molecule has 2 atom stereocenters. The van der Waals surface area contributed by atoms with E-state index in [2.05, 4.69) is 21.9 Å². The van der Waals surface area contributed by atoms with Gasteiger partial charge in [-0.05, 0) is 43.4 Å². The summed E-state index contributed by atoms with van der Waals surface area (Å²) < 4.78 is 13.0. The Kier molecular flexibility index (Phi) is 5.05. The number of ether oxygens (including phenoxy) is 2. The SMILES string of the molecule is C#CCOc1ccc(CN2[C@@H]3CC[C@@H]2CC(O)(c2nccn2C)C3)cc1OC. The molecule has 1 aromatic heterocycles. The highest BCUT2D eigenvalue weighted by Gasteiger charge is 2.49. The normalized spacial score (nSPS) is 26.8. The molecule has 1 aromatic carbocycles. The highest BCUT2D eigenvalue weighted by molar-refractivity contribution is 5.43. The van der Waals surface area contributed by atoms with Crippen LogP contribution in [0, 0.1) is 12.3 Å². The first kappa shape index (κ1) is 18.9. The van der Waals surface area contributed by atoms with Gasteiger partial charge in [-0.3, -0.25) is 4.90 Å². The van der Waals surface area contributed by atoms with Crippen molar-refractivity contribution < 1.29 is 14.6 Å². The molecule has 4 rings (SSSR count). The molecule has 2 aliphatic rings. The Hall–Kier alpha value is -2.49. The lowest BCUT2D eigenvalue weighted by Gasteiger charge is -2.43. The van der Waals surface area contributed by atoms with Crippen molar-refractivity contribution in [1.82, 2.24) is 14.5 Å². The molecule has 0 aliphatic carbocycles. The van der Waals surface area contributed by atoms with E-state index in [-0.39, 0.29) is 6.61 Å². The second-order valence-corrected chi connectivity index (χ2v) is 7.84. The quantitative estimate of drug-likeness (QED) is 0.779. The number of methoxy groups -OCH3 is 1. The molecular formula is C22H27N3O3. The van der Waals surface area contributed by atoms with Crippen LogP contribution in [0.25, 0.3) is 0 Å². The van der Waals surface area contributed by atoms with E-state index in [0.717, 1.165) is 38.1 Å². The number of nitrogens with zero attached hydrogens (tertiary/aromatic N) is 3. The van der Waals surface area contributed by atoms with Gasteiger partial charge in [0.2, 0.25) is 0 Å². The van der Waals surface area contributed by atoms with Gasteiger partial charge >= 0.3 is 0 Å². The van der Waals surface area contributed by atoms with Crippen molar-refractivity contribution in [2.45, 2.75) is 49.9 Å². The molecule has 6 heteroatoms. The lowest BCUT2D eigenvalue weighted by Crippen LogP contribution is -2.50. The van der Waals surface area contributed by atoms with Gasteiger partial charge in [-0.25, -0.2) is 4.98 Å². The van der Waals surface area contributed by atoms with Crippen LogP contribution in [-0.4, -0.2) is 45.4 Å². The summed E-state index contributed by atoms with van der Waals surface area (Å²) in [7, 11) is 3.59. The van der Waals surface area contributed by atoms with E-state index in [1.165, 1.54) is 5.56 Å². The highest BCUT2D eigenvalue weighted by atomic mass is 16.5. The Labute approximate surface area is 166 Å². The van der Waals surface area contributed by atoms with Crippen molar-refractivity contribution in [2.75, 3.05) is 13.7 Å². The molecule has 2 bridgehead atoms. The monoisotopic (exact) mass is 381 g/mol. The van der Waals surface area contributed by atoms with Crippen molar-refractivity contribution >= 4 is 0 Å². The first-order valence-electron chi connectivity index (χ1n) is 9.73. The summed E-state index contributed by atoms with van der Waals surface area (Å²) in [4.78, 5) is 6.95. The number of aromatic nitrogens is 2. The van der Waals surface area contributed by atoms with Crippen LogP contribution in [0.2, 0.25) is 0 Å². The highest BCUT2D eigenvalue weighted by Crippen LogP contribution is 2.46. The third kappa shape index (κ3) is 3.36. The van der Waals surface area contributed by atoms with Gasteiger partial charge in [-0.15, -0.1) is 6.42 Å². The van der Waals surface area contributed by atoms with Gasteiger partial charge in [0.1, 0.15) is 18.0 Å². The van der Waals surface area contributed by atoms with E-state index in [0.29, 0.717) is 23.6 Å². The van der Waals surface area contributed by atoms with Crippen LogP contribution in [0.4, 0.5) is 0 Å². The van der Waals surface area contributed by atoms with Crippen molar-refractivity contribution in [2.24, 2.45) is 7.05 Å². The molecule has 3 heterocycles. The van der Waals surface area contributed by atoms with Gasteiger partial charge in [0.15, 0.2) is 11.5 Å². The summed E-state index contributed by atoms with van der Waals surface area (Å²) in [6.07, 6.45) is 12.6. The van der Waals surface area contributed by atoms with E-state index in [1.54, 1.807) is 13.3 Å². The van der Waals surface area contributed by atoms with Crippen molar-refractivity contribution in [3.8, 4) is 23.8 Å². The second kappa shape index (κ2) is 7.50. The minimum absolute atomic E-state index is 0.220. The van der Waals surface area contributed by atoms with Crippen LogP contribution in [0.1, 0.15) is 37.1 Å². The van der Waals surface area contributed by atoms with Crippen LogP contribution in [0.3, 0.4) is 0 Å². The number of rotatable bonds is 6. The molecule has 148 valence electrons. The fraction of sp³-hybridized carbons (Fsp3) is 0.500. The predicted molar refractivity (Wildman–Crippen MR) is 106 cm³/mol. The Morgan fingerprint density at radius 3 is 2.64 bits per heavy atom. The maximum Gasteiger partial charge on any atom is 0.162 e. The smallest absolute Gasteiger partial charge is 0.162 e. The lowest BCUT2D eigenvalue weighted by atomic mass is 9.85. The van der Waals surface area contributed by atoms with Gasteiger partial charge in [0.25, 0.3) is 0 Å². The van der Waals surface area contributed by atoms with Gasteiger partial charge in [0.05, 0.1) is 7.11 Å². The van der Waals surface area contributed by atoms with Gasteiger partial charge in [-0.1, -0.05) is 12.0 Å². The van der Waals surface area contributed by atoms with E-state index >= 15 is 0 Å². The first-order chi connectivity index (χ1) is 13.5. The lowest BCUT2D eigenvalue weighted by molar-refractivity contribution is -0.0669. The Morgan fingerprint density at radius 1 is 1.29 bits per heavy atom. The molecule has 2 fully saturated rings. The second-order valence-electron chi connectivity index (χ2n) is 7.84. The summed E-state index contributed by atoms with van der Waals surface area (Å²) >= 11 is 0. The molecule has 0 spiro atoms. The molecule has 2 aliphatic heterocycles. The fourth-order valence-corrected chi connectivity index (χ4v) is 4.83. The topological polar surface area (TPSA) is 59.8 Å². The Balaban J connectivity index is 1.50. The standard InChI is InChI=1S/C22H27N3O3/c1-4-11-28-19-8-5-16(12-20(19)27-3)15-25-17-6-7-18(25)14-22(26,13-17)21-23-9-10-24(21)2/h1,5,8-10,12,17-18,26H,6-7,11,13-15H2,2-3H3/t17-,18-/m1/s1. The molecule has 28 heavy (non-hydrogen) atoms. The van der Waals surface area contributed by atoms with E-state index in [4.69, 9.17) is 15.9 Å². The Bertz CT molecular complexity index is 871. The zero-order valence-electron chi connectivity index (χ0n) is 16.5. The molecular weight excluding hydrogens is 354 g/mol. The molecule has 2 aromatic rings. The number of hydrogen-bond donors (Lipinski definition) is 1. The van der Waals surface area contributed by atoms with Gasteiger partial charge in [0, 0.05) is 38.1 Å². The van der Waals surface area contributed by atoms with Crippen LogP contribution in [0.15, 0.2) is 30.6 Å². The minimum atomic E-state index is -0.842. The number of benzene rings is 1. The average Bonchev–Trinajstić information content (AvgIpc) is 3.22. The van der Waals surface area contributed by atoms with E-state index in [9.17, 15) is 5.11 Å². The molecule has 2 saturated heterocycles. The fourth-order valence-electron chi connectivity index (χ4n) is 4.83. The zero-order chi connectivity index (χ0) is 19.7. The first-order valence-corrected chi connectivity index (χ1v) is 9.73. The van der Waals surface area contributed by atoms with Crippen LogP contribution < -0.4 is 9.47 Å². The maximum atomic E-state index is 11.3. The van der Waals surface area contributed by atoms with Crippen molar-refractivity contribution in [1.29, 1.82) is 0 Å². The minimum Gasteiger partial charge on any atom is -0.493 e. The van der Waals surface area contributed by atoms with Crippen molar-refractivity contribution in [3.63, 3.8) is 0 Å². The Morgan fingerprint density at radius 2 is 2.04 bits per heavy atom. The van der Waals surface area contributed by atoms with Gasteiger partial charge in [-0.2, -0.15) is 0 Å². The van der Waals surface area contributed by atoms with E-state index in [1.807, 2.05) is 29.9 Å². The third-order valence-electron chi connectivity index (χ3n) is 6.06. The molecule has 6 nitrogen and oxygen atoms in total. The zero-order valence-corrected chi connectivity index (χ0v) is 16.5. The number of fused-ring (bicyclic) bond motifs is 2. The summed E-state index contributed by atoms with van der Waals surface area (Å²) in [5.74, 6) is 4.61. The average molecular weight is 381 g/mol. The third-order valence-corrected chi connectivity index (χ3v) is 6.06. The number of aryl methyl sites for hydroxylation is 1. The van der Waals surface area contributed by atoms with Crippen LogP contribution >= 0.6 is 0 Å². The summed E-state index contributed by atoms with van der Waals surface area (Å²) in [6, 6.07) is 6.70. The number of piperidine rings is 1. The molecule has 0 radical (unpaired) electrons. The number of aliphatic hydroxyl groups is 1. The number of terminal acetylenes is 1. The molecule has 0 saturated carbocycles. The number of imidazole rings is 1. The summed E-state index contributed by atoms with van der Waals surface area (Å²) in [5.41, 5.74) is 0.329. The molecule has 0 unspecified atom stereocenters. The molecule has 0 amide bonds. The maximum absolute atomic E-state index is 11.3. The van der Waals surface area contributed by atoms with Gasteiger partial charge < -0.3 is 19.1 Å². The summed E-state index contributed by atoms with van der Waals surface area (Å²) in [6.45, 7) is 1.05. The molecule has 1 N–H and O–H groups in total. The largest absolute Gasteiger partial charge is 0.493 e. The summed E-state index contributed by atoms with van der Waals surface area (Å²) in [5, 5.41) is 11.3. The van der Waals surface area contributed by atoms with Crippen LogP contribution in [0.5, 0.6) is 11.5 Å². The van der Waals surface area contributed by atoms with Crippen LogP contribution in [-0.2, 0) is 19.2 Å². The predicted octanol–water partition coefficient (Wildman–Crippen LogP) is 2.46. The number of hydrogen-bond acceptors (Lipinski definition) is 5. The van der Waals surface area contributed by atoms with Crippen molar-refractivity contribution in [3.05, 3.63) is 42.0 Å².